The molecule has 0 atom stereocenters. The van der Waals surface area contributed by atoms with E-state index in [2.05, 4.69) is 5.10 Å². The second-order valence-electron chi connectivity index (χ2n) is 6.35. The highest BCUT2D eigenvalue weighted by molar-refractivity contribution is 6.30. The molecule has 30 heavy (non-hydrogen) atoms. The van der Waals surface area contributed by atoms with E-state index < -0.39 is 18.4 Å². The van der Waals surface area contributed by atoms with E-state index in [9.17, 15) is 9.59 Å². The molecule has 2 N–H and O–H groups in total. The van der Waals surface area contributed by atoms with Gasteiger partial charge in [-0.2, -0.15) is 10.4 Å². The molecule has 2 aromatic carbocycles. The first-order chi connectivity index (χ1) is 14.4. The third-order valence-corrected chi connectivity index (χ3v) is 4.44. The second kappa shape index (κ2) is 9.07. The Morgan fingerprint density at radius 1 is 1.17 bits per heavy atom. The van der Waals surface area contributed by atoms with Crippen LogP contribution in [0, 0.1) is 11.3 Å². The molecule has 0 spiro atoms. The molecule has 3 aromatic rings. The minimum Gasteiger partial charge on any atom is -0.454 e. The van der Waals surface area contributed by atoms with E-state index in [1.54, 1.807) is 35.0 Å². The fourth-order valence-electron chi connectivity index (χ4n) is 2.71. The van der Waals surface area contributed by atoms with Crippen molar-refractivity contribution in [3.8, 4) is 23.0 Å². The molecular formula is C22H17ClN4O3. The van der Waals surface area contributed by atoms with Gasteiger partial charge in [0, 0.05) is 22.5 Å². The van der Waals surface area contributed by atoms with Crippen molar-refractivity contribution in [2.75, 3.05) is 6.61 Å². The number of hydrogen-bond acceptors (Lipinski definition) is 6. The zero-order valence-electron chi connectivity index (χ0n) is 16.0. The van der Waals surface area contributed by atoms with E-state index >= 15 is 0 Å². The van der Waals surface area contributed by atoms with E-state index in [4.69, 9.17) is 27.3 Å². The van der Waals surface area contributed by atoms with Gasteiger partial charge in [-0.15, -0.1) is 0 Å². The van der Waals surface area contributed by atoms with Crippen LogP contribution in [0.1, 0.15) is 17.3 Å². The van der Waals surface area contributed by atoms with Crippen LogP contribution in [0.3, 0.4) is 0 Å². The van der Waals surface area contributed by atoms with Crippen LogP contribution >= 0.6 is 11.6 Å². The predicted molar refractivity (Wildman–Crippen MR) is 112 cm³/mol. The number of benzene rings is 2. The Kier molecular flexibility index (Phi) is 6.30. The molecule has 3 rings (SSSR count). The highest BCUT2D eigenvalue weighted by Crippen LogP contribution is 2.26. The van der Waals surface area contributed by atoms with Gasteiger partial charge >= 0.3 is 5.97 Å². The molecule has 0 amide bonds. The molecule has 0 aliphatic carbocycles. The Morgan fingerprint density at radius 3 is 2.43 bits per heavy atom. The number of halogens is 1. The summed E-state index contributed by atoms with van der Waals surface area (Å²) in [5.41, 5.74) is 7.29. The lowest BCUT2D eigenvalue weighted by molar-refractivity contribution is -0.118. The number of ether oxygens (including phenoxy) is 1. The molecule has 7 nitrogen and oxygen atoms in total. The Balaban J connectivity index is 1.94. The van der Waals surface area contributed by atoms with E-state index in [-0.39, 0.29) is 16.8 Å². The minimum atomic E-state index is -0.748. The Bertz CT molecular complexity index is 1160. The Labute approximate surface area is 177 Å². The van der Waals surface area contributed by atoms with Crippen molar-refractivity contribution in [3.63, 3.8) is 0 Å². The van der Waals surface area contributed by atoms with Gasteiger partial charge in [-0.3, -0.25) is 4.79 Å². The third kappa shape index (κ3) is 4.57. The van der Waals surface area contributed by atoms with Gasteiger partial charge in [-0.25, -0.2) is 9.48 Å². The summed E-state index contributed by atoms with van der Waals surface area (Å²) in [6.45, 7) is 0.827. The fourth-order valence-corrected chi connectivity index (χ4v) is 2.83. The zero-order chi connectivity index (χ0) is 21.7. The molecular weight excluding hydrogens is 404 g/mol. The number of hydrogen-bond donors (Lipinski definition) is 1. The highest BCUT2D eigenvalue weighted by Gasteiger charge is 2.22. The van der Waals surface area contributed by atoms with Gasteiger partial charge in [-0.1, -0.05) is 41.9 Å². The fraction of sp³-hybridized carbons (Fsp3) is 0.0909. The Hall–Kier alpha value is -3.89. The van der Waals surface area contributed by atoms with E-state index in [1.165, 1.54) is 13.1 Å². The molecule has 0 saturated carbocycles. The summed E-state index contributed by atoms with van der Waals surface area (Å²) in [5.74, 6) is -1.42. The molecule has 1 aromatic heterocycles. The number of aromatic nitrogens is 2. The largest absolute Gasteiger partial charge is 0.454 e. The van der Waals surface area contributed by atoms with Gasteiger partial charge in [0.05, 0.1) is 5.69 Å². The van der Waals surface area contributed by atoms with E-state index in [0.29, 0.717) is 16.3 Å². The van der Waals surface area contributed by atoms with Crippen LogP contribution in [0.5, 0.6) is 0 Å². The van der Waals surface area contributed by atoms with Crippen molar-refractivity contribution >= 4 is 23.4 Å². The number of rotatable bonds is 6. The molecule has 150 valence electrons. The van der Waals surface area contributed by atoms with E-state index in [1.807, 2.05) is 30.3 Å². The highest BCUT2D eigenvalue weighted by atomic mass is 35.5. The molecule has 0 saturated heterocycles. The molecule has 8 heteroatoms. The lowest BCUT2D eigenvalue weighted by Gasteiger charge is -2.05. The summed E-state index contributed by atoms with van der Waals surface area (Å²) >= 11 is 5.96. The lowest BCUT2D eigenvalue weighted by Crippen LogP contribution is -2.17. The van der Waals surface area contributed by atoms with Gasteiger partial charge < -0.3 is 10.5 Å². The number of carbonyl (C=O) groups is 2. The quantitative estimate of drug-likeness (QED) is 0.370. The van der Waals surface area contributed by atoms with Gasteiger partial charge in [0.15, 0.2) is 6.61 Å². The lowest BCUT2D eigenvalue weighted by atomic mass is 10.1. The number of nitrogens with two attached hydrogens (primary N) is 1. The molecule has 1 heterocycles. The average molecular weight is 421 g/mol. The number of nitrogens with zero attached hydrogens (tertiary/aromatic N) is 3. The maximum atomic E-state index is 12.8. The number of Topliss-reactive ketones (excluding diaryl/α,β-unsaturated/α-hetero) is 1. The van der Waals surface area contributed by atoms with Crippen LogP contribution in [0.2, 0.25) is 5.02 Å². The first kappa shape index (κ1) is 20.8. The second-order valence-corrected chi connectivity index (χ2v) is 6.78. The zero-order valence-corrected chi connectivity index (χ0v) is 16.8. The van der Waals surface area contributed by atoms with Gasteiger partial charge in [0.25, 0.3) is 0 Å². The predicted octanol–water partition coefficient (Wildman–Crippen LogP) is 3.67. The molecule has 0 aliphatic rings. The summed E-state index contributed by atoms with van der Waals surface area (Å²) in [6.07, 6.45) is 1.53. The van der Waals surface area contributed by atoms with Crippen molar-refractivity contribution < 1.29 is 14.3 Å². The maximum absolute atomic E-state index is 12.8. The van der Waals surface area contributed by atoms with Crippen molar-refractivity contribution in [1.82, 2.24) is 9.78 Å². The van der Waals surface area contributed by atoms with Crippen LogP contribution in [0.15, 0.2) is 72.1 Å². The Morgan fingerprint density at radius 2 is 1.83 bits per heavy atom. The number of para-hydroxylation sites is 1. The van der Waals surface area contributed by atoms with Crippen LogP contribution in [0.4, 0.5) is 0 Å². The monoisotopic (exact) mass is 420 g/mol. The van der Waals surface area contributed by atoms with E-state index in [0.717, 1.165) is 5.69 Å². The molecule has 0 unspecified atom stereocenters. The number of carbonyl (C=O) groups excluding carboxylic acids is 2. The molecule has 0 bridgehead atoms. The first-order valence-electron chi connectivity index (χ1n) is 8.88. The number of nitriles is 1. The van der Waals surface area contributed by atoms with Crippen LogP contribution in [-0.2, 0) is 9.53 Å². The molecule has 0 fully saturated rings. The normalized spacial score (nSPS) is 11.4. The SMILES string of the molecule is C/C(N)=C(\C#N)C(=O)COC(=O)c1cn(-c2ccccc2)nc1-c1ccc(Cl)cc1. The van der Waals surface area contributed by atoms with Gasteiger partial charge in [0.2, 0.25) is 5.78 Å². The van der Waals surface area contributed by atoms with Crippen LogP contribution < -0.4 is 5.73 Å². The number of ketones is 1. The number of allylic oxidation sites excluding steroid dienone is 1. The average Bonchev–Trinajstić information content (AvgIpc) is 3.19. The van der Waals surface area contributed by atoms with Crippen LogP contribution in [0.25, 0.3) is 16.9 Å². The smallest absolute Gasteiger partial charge is 0.342 e. The molecule has 0 aliphatic heterocycles. The minimum absolute atomic E-state index is 0.0669. The summed E-state index contributed by atoms with van der Waals surface area (Å²) in [4.78, 5) is 24.8. The van der Waals surface area contributed by atoms with Crippen molar-refractivity contribution in [2.45, 2.75) is 6.92 Å². The third-order valence-electron chi connectivity index (χ3n) is 4.19. The standard InChI is InChI=1S/C22H17ClN4O3/c1-14(25)18(11-24)20(28)13-30-22(29)19-12-27(17-5-3-2-4-6-17)26-21(19)15-7-9-16(23)10-8-15/h2-10,12H,13,25H2,1H3/b18-14-. The van der Waals surface area contributed by atoms with Crippen molar-refractivity contribution in [2.24, 2.45) is 5.73 Å². The summed E-state index contributed by atoms with van der Waals surface area (Å²) < 4.78 is 6.70. The summed E-state index contributed by atoms with van der Waals surface area (Å²) in [7, 11) is 0. The summed E-state index contributed by atoms with van der Waals surface area (Å²) in [6, 6.07) is 17.8. The first-order valence-corrected chi connectivity index (χ1v) is 9.26. The van der Waals surface area contributed by atoms with Crippen molar-refractivity contribution in [3.05, 3.63) is 82.7 Å². The maximum Gasteiger partial charge on any atom is 0.342 e. The topological polar surface area (TPSA) is 111 Å². The molecule has 0 radical (unpaired) electrons. The van der Waals surface area contributed by atoms with Gasteiger partial charge in [-0.05, 0) is 31.2 Å². The number of esters is 1. The van der Waals surface area contributed by atoms with Crippen LogP contribution in [-0.4, -0.2) is 28.1 Å². The van der Waals surface area contributed by atoms with Crippen molar-refractivity contribution in [1.29, 1.82) is 5.26 Å². The van der Waals surface area contributed by atoms with Gasteiger partial charge in [0.1, 0.15) is 22.9 Å². The summed E-state index contributed by atoms with van der Waals surface area (Å²) in [5, 5.41) is 14.1.